The zero-order valence-corrected chi connectivity index (χ0v) is 13.5. The Morgan fingerprint density at radius 2 is 1.74 bits per heavy atom. The number of benzene rings is 2. The second-order valence-electron chi connectivity index (χ2n) is 4.85. The highest BCUT2D eigenvalue weighted by molar-refractivity contribution is 6.35. The number of rotatable bonds is 5. The lowest BCUT2D eigenvalue weighted by Crippen LogP contribution is -1.97. The number of aromatic nitrogens is 1. The third-order valence-corrected chi connectivity index (χ3v) is 4.02. The van der Waals surface area contributed by atoms with Crippen LogP contribution < -0.4 is 4.74 Å². The number of ether oxygens (including phenoxy) is 1. The minimum Gasteiger partial charge on any atom is -0.489 e. The van der Waals surface area contributed by atoms with Gasteiger partial charge in [-0.05, 0) is 36.4 Å². The molecule has 0 saturated heterocycles. The van der Waals surface area contributed by atoms with Gasteiger partial charge >= 0.3 is 0 Å². The minimum atomic E-state index is -0.174. The topological polar surface area (TPSA) is 55.5 Å². The van der Waals surface area contributed by atoms with Crippen LogP contribution >= 0.6 is 23.2 Å². The first-order chi connectivity index (χ1) is 11.2. The van der Waals surface area contributed by atoms with E-state index in [4.69, 9.17) is 37.6 Å². The molecule has 118 valence electrons. The molecule has 23 heavy (non-hydrogen) atoms. The van der Waals surface area contributed by atoms with Gasteiger partial charge in [0.05, 0.1) is 0 Å². The molecule has 0 amide bonds. The summed E-state index contributed by atoms with van der Waals surface area (Å²) in [5.74, 6) is 1.12. The first kappa shape index (κ1) is 15.9. The van der Waals surface area contributed by atoms with Crippen molar-refractivity contribution in [3.8, 4) is 17.0 Å². The molecule has 0 bridgehead atoms. The van der Waals surface area contributed by atoms with E-state index in [2.05, 4.69) is 5.16 Å². The van der Waals surface area contributed by atoms with Crippen LogP contribution in [0.1, 0.15) is 11.3 Å². The average molecular weight is 350 g/mol. The molecule has 0 radical (unpaired) electrons. The largest absolute Gasteiger partial charge is 0.489 e. The van der Waals surface area contributed by atoms with E-state index >= 15 is 0 Å². The van der Waals surface area contributed by atoms with E-state index < -0.39 is 0 Å². The summed E-state index contributed by atoms with van der Waals surface area (Å²) in [7, 11) is 0. The Morgan fingerprint density at radius 3 is 2.35 bits per heavy atom. The highest BCUT2D eigenvalue weighted by atomic mass is 35.5. The average Bonchev–Trinajstić information content (AvgIpc) is 3.04. The van der Waals surface area contributed by atoms with E-state index in [1.807, 2.05) is 24.3 Å². The van der Waals surface area contributed by atoms with Crippen LogP contribution in [0.4, 0.5) is 0 Å². The molecule has 1 aromatic heterocycles. The molecule has 0 aliphatic carbocycles. The number of aliphatic hydroxyl groups excluding tert-OH is 1. The lowest BCUT2D eigenvalue weighted by molar-refractivity contribution is 0.229. The van der Waals surface area contributed by atoms with Gasteiger partial charge < -0.3 is 14.4 Å². The van der Waals surface area contributed by atoms with Crippen molar-refractivity contribution in [3.63, 3.8) is 0 Å². The minimum absolute atomic E-state index is 0.174. The van der Waals surface area contributed by atoms with Gasteiger partial charge in [-0.15, -0.1) is 0 Å². The Bertz CT molecular complexity index is 780. The van der Waals surface area contributed by atoms with Gasteiger partial charge in [-0.1, -0.05) is 34.4 Å². The monoisotopic (exact) mass is 349 g/mol. The van der Waals surface area contributed by atoms with Gasteiger partial charge in [-0.25, -0.2) is 0 Å². The first-order valence-electron chi connectivity index (χ1n) is 6.90. The van der Waals surface area contributed by atoms with Crippen LogP contribution in [0.3, 0.4) is 0 Å². The predicted octanol–water partition coefficient (Wildman–Crippen LogP) is 4.72. The van der Waals surface area contributed by atoms with Gasteiger partial charge in [0.25, 0.3) is 0 Å². The van der Waals surface area contributed by atoms with Crippen LogP contribution in [0.25, 0.3) is 11.3 Å². The normalized spacial score (nSPS) is 10.7. The molecule has 0 atom stereocenters. The highest BCUT2D eigenvalue weighted by Gasteiger charge is 2.08. The molecule has 1 heterocycles. The molecule has 1 N–H and O–H groups in total. The van der Waals surface area contributed by atoms with Crippen molar-refractivity contribution in [3.05, 3.63) is 69.9 Å². The molecule has 3 aromatic rings. The SMILES string of the molecule is OCc1cc(-c2ccc(OCc3c(Cl)cccc3Cl)cc2)no1. The summed E-state index contributed by atoms with van der Waals surface area (Å²) >= 11 is 12.2. The molecule has 0 aliphatic rings. The molecule has 4 nitrogen and oxygen atoms in total. The van der Waals surface area contributed by atoms with Crippen LogP contribution in [-0.4, -0.2) is 10.3 Å². The van der Waals surface area contributed by atoms with Crippen molar-refractivity contribution in [1.82, 2.24) is 5.16 Å². The smallest absolute Gasteiger partial charge is 0.162 e. The maximum absolute atomic E-state index is 8.99. The lowest BCUT2D eigenvalue weighted by Gasteiger charge is -2.09. The van der Waals surface area contributed by atoms with Crippen LogP contribution in [-0.2, 0) is 13.2 Å². The van der Waals surface area contributed by atoms with Gasteiger partial charge in [0.2, 0.25) is 0 Å². The van der Waals surface area contributed by atoms with Crippen LogP contribution in [0.5, 0.6) is 5.75 Å². The Labute approximate surface area is 143 Å². The molecule has 0 aliphatic heterocycles. The maximum Gasteiger partial charge on any atom is 0.162 e. The summed E-state index contributed by atoms with van der Waals surface area (Å²) in [6.45, 7) is 0.114. The fourth-order valence-corrected chi connectivity index (χ4v) is 2.58. The van der Waals surface area contributed by atoms with E-state index in [1.54, 1.807) is 24.3 Å². The van der Waals surface area contributed by atoms with Gasteiger partial charge in [0, 0.05) is 27.2 Å². The Hall–Kier alpha value is -2.01. The van der Waals surface area contributed by atoms with Crippen molar-refractivity contribution in [2.75, 3.05) is 0 Å². The third-order valence-electron chi connectivity index (χ3n) is 3.31. The molecule has 0 fully saturated rings. The van der Waals surface area contributed by atoms with Crippen molar-refractivity contribution in [2.45, 2.75) is 13.2 Å². The Balaban J connectivity index is 1.70. The fourth-order valence-electron chi connectivity index (χ4n) is 2.07. The fraction of sp³-hybridized carbons (Fsp3) is 0.118. The van der Waals surface area contributed by atoms with Crippen molar-refractivity contribution in [2.24, 2.45) is 0 Å². The third kappa shape index (κ3) is 3.67. The second kappa shape index (κ2) is 7.04. The van der Waals surface area contributed by atoms with Gasteiger partial charge in [0.1, 0.15) is 24.7 Å². The highest BCUT2D eigenvalue weighted by Crippen LogP contribution is 2.27. The number of hydrogen-bond acceptors (Lipinski definition) is 4. The number of halogens is 2. The molecular weight excluding hydrogens is 337 g/mol. The van der Waals surface area contributed by atoms with E-state index in [-0.39, 0.29) is 13.2 Å². The number of hydrogen-bond donors (Lipinski definition) is 1. The van der Waals surface area contributed by atoms with E-state index in [9.17, 15) is 0 Å². The van der Waals surface area contributed by atoms with Crippen LogP contribution in [0.15, 0.2) is 53.1 Å². The summed E-state index contributed by atoms with van der Waals surface area (Å²) in [4.78, 5) is 0. The summed E-state index contributed by atoms with van der Waals surface area (Å²) < 4.78 is 10.7. The molecule has 0 saturated carbocycles. The molecule has 0 spiro atoms. The number of nitrogens with zero attached hydrogens (tertiary/aromatic N) is 1. The van der Waals surface area contributed by atoms with Crippen molar-refractivity contribution < 1.29 is 14.4 Å². The summed E-state index contributed by atoms with van der Waals surface area (Å²) in [5, 5.41) is 14.0. The second-order valence-corrected chi connectivity index (χ2v) is 5.66. The van der Waals surface area contributed by atoms with Gasteiger partial charge in [-0.3, -0.25) is 0 Å². The lowest BCUT2D eigenvalue weighted by atomic mass is 10.1. The van der Waals surface area contributed by atoms with Crippen molar-refractivity contribution in [1.29, 1.82) is 0 Å². The summed E-state index contributed by atoms with van der Waals surface area (Å²) in [6, 6.07) is 14.4. The zero-order chi connectivity index (χ0) is 16.2. The van der Waals surface area contributed by atoms with Crippen LogP contribution in [0, 0.1) is 0 Å². The quantitative estimate of drug-likeness (QED) is 0.723. The van der Waals surface area contributed by atoms with Crippen LogP contribution in [0.2, 0.25) is 10.0 Å². The maximum atomic E-state index is 8.99. The van der Waals surface area contributed by atoms with Gasteiger partial charge in [-0.2, -0.15) is 0 Å². The zero-order valence-electron chi connectivity index (χ0n) is 12.0. The standard InChI is InChI=1S/C17H13Cl2NO3/c18-15-2-1-3-16(19)14(15)10-22-12-6-4-11(5-7-12)17-8-13(9-21)23-20-17/h1-8,21H,9-10H2. The van der Waals surface area contributed by atoms with E-state index in [0.29, 0.717) is 27.2 Å². The predicted molar refractivity (Wildman–Crippen MR) is 88.7 cm³/mol. The molecular formula is C17H13Cl2NO3. The Morgan fingerprint density at radius 1 is 1.04 bits per heavy atom. The molecule has 0 unspecified atom stereocenters. The molecule has 2 aromatic carbocycles. The molecule has 3 rings (SSSR count). The van der Waals surface area contributed by atoms with Crippen molar-refractivity contribution >= 4 is 23.2 Å². The van der Waals surface area contributed by atoms with E-state index in [0.717, 1.165) is 11.1 Å². The summed E-state index contributed by atoms with van der Waals surface area (Å²) in [5.41, 5.74) is 2.29. The Kier molecular flexibility index (Phi) is 4.86. The number of aliphatic hydroxyl groups is 1. The van der Waals surface area contributed by atoms with E-state index in [1.165, 1.54) is 0 Å². The van der Waals surface area contributed by atoms with Gasteiger partial charge in [0.15, 0.2) is 5.76 Å². The molecule has 6 heteroatoms. The first-order valence-corrected chi connectivity index (χ1v) is 7.65. The summed E-state index contributed by atoms with van der Waals surface area (Å²) in [6.07, 6.45) is 0.